The van der Waals surface area contributed by atoms with Crippen LogP contribution in [0, 0.1) is 0 Å². The summed E-state index contributed by atoms with van der Waals surface area (Å²) in [6.07, 6.45) is -3.19. The van der Waals surface area contributed by atoms with Crippen molar-refractivity contribution in [3.8, 4) is 11.5 Å². The molecule has 0 bridgehead atoms. The highest BCUT2D eigenvalue weighted by molar-refractivity contribution is 9.10. The Morgan fingerprint density at radius 2 is 1.71 bits per heavy atom. The third kappa shape index (κ3) is 3.51. The van der Waals surface area contributed by atoms with Crippen molar-refractivity contribution in [2.45, 2.75) is 6.16 Å². The second-order valence-corrected chi connectivity index (χ2v) is 3.42. The van der Waals surface area contributed by atoms with E-state index in [-0.39, 0.29) is 5.75 Å². The van der Waals surface area contributed by atoms with E-state index in [0.29, 0.717) is 10.2 Å². The van der Waals surface area contributed by atoms with E-state index >= 15 is 0 Å². The predicted octanol–water partition coefficient (Wildman–Crippen LogP) is 0.425. The summed E-state index contributed by atoms with van der Waals surface area (Å²) < 4.78 is 9.90. The molecule has 0 saturated heterocycles. The van der Waals surface area contributed by atoms with Gasteiger partial charge in [-0.1, -0.05) is 15.9 Å². The molecule has 0 aliphatic rings. The summed E-state index contributed by atoms with van der Waals surface area (Å²) in [5, 5.41) is 25.7. The van der Waals surface area contributed by atoms with Crippen molar-refractivity contribution in [1.82, 2.24) is 0 Å². The summed E-state index contributed by atoms with van der Waals surface area (Å²) in [5.74, 6) is 0.516. The standard InChI is InChI=1S/C8H9BrO5/c1-13-6-2-5(9)3-7(4-6)14-8(10,11)12/h2-4,10-12H,1H3. The van der Waals surface area contributed by atoms with Crippen molar-refractivity contribution < 1.29 is 24.8 Å². The van der Waals surface area contributed by atoms with Crippen molar-refractivity contribution in [3.63, 3.8) is 0 Å². The number of benzene rings is 1. The maximum absolute atomic E-state index is 8.56. The molecule has 0 aromatic heterocycles. The van der Waals surface area contributed by atoms with Crippen molar-refractivity contribution in [2.75, 3.05) is 7.11 Å². The second kappa shape index (κ2) is 4.14. The van der Waals surface area contributed by atoms with Gasteiger partial charge in [-0.15, -0.1) is 0 Å². The van der Waals surface area contributed by atoms with Crippen LogP contribution in [0.5, 0.6) is 11.5 Å². The van der Waals surface area contributed by atoms with E-state index in [1.54, 1.807) is 6.07 Å². The largest absolute Gasteiger partial charge is 0.497 e. The molecule has 78 valence electrons. The smallest absolute Gasteiger partial charge is 0.453 e. The summed E-state index contributed by atoms with van der Waals surface area (Å²) >= 11 is 3.16. The monoisotopic (exact) mass is 264 g/mol. The molecule has 0 spiro atoms. The van der Waals surface area contributed by atoms with Crippen molar-refractivity contribution >= 4 is 15.9 Å². The summed E-state index contributed by atoms with van der Waals surface area (Å²) in [6, 6.07) is 4.49. The zero-order chi connectivity index (χ0) is 10.8. The van der Waals surface area contributed by atoms with Gasteiger partial charge in [0.1, 0.15) is 11.5 Å². The van der Waals surface area contributed by atoms with E-state index in [1.807, 2.05) is 0 Å². The van der Waals surface area contributed by atoms with Crippen LogP contribution in [-0.2, 0) is 0 Å². The lowest BCUT2D eigenvalue weighted by molar-refractivity contribution is -0.419. The Morgan fingerprint density at radius 3 is 2.21 bits per heavy atom. The molecule has 0 atom stereocenters. The second-order valence-electron chi connectivity index (χ2n) is 2.50. The molecule has 0 heterocycles. The van der Waals surface area contributed by atoms with Crippen LogP contribution in [0.25, 0.3) is 0 Å². The predicted molar refractivity (Wildman–Crippen MR) is 50.7 cm³/mol. The zero-order valence-electron chi connectivity index (χ0n) is 7.27. The van der Waals surface area contributed by atoms with E-state index in [2.05, 4.69) is 20.7 Å². The maximum Gasteiger partial charge on any atom is 0.453 e. The minimum absolute atomic E-state index is 0.0590. The van der Waals surface area contributed by atoms with Gasteiger partial charge in [-0.2, -0.15) is 0 Å². The average Bonchev–Trinajstić information content (AvgIpc) is 1.99. The van der Waals surface area contributed by atoms with E-state index in [9.17, 15) is 0 Å². The highest BCUT2D eigenvalue weighted by Crippen LogP contribution is 2.27. The number of methoxy groups -OCH3 is 1. The molecule has 6 heteroatoms. The maximum atomic E-state index is 8.56. The number of rotatable bonds is 3. The highest BCUT2D eigenvalue weighted by atomic mass is 79.9. The topological polar surface area (TPSA) is 79.2 Å². The van der Waals surface area contributed by atoms with Crippen LogP contribution in [0.3, 0.4) is 0 Å². The summed E-state index contributed by atoms with van der Waals surface area (Å²) in [4.78, 5) is 0. The first-order valence-electron chi connectivity index (χ1n) is 3.61. The molecule has 0 aliphatic heterocycles. The van der Waals surface area contributed by atoms with Crippen molar-refractivity contribution in [1.29, 1.82) is 0 Å². The quantitative estimate of drug-likeness (QED) is 0.690. The fourth-order valence-corrected chi connectivity index (χ4v) is 1.32. The van der Waals surface area contributed by atoms with Gasteiger partial charge in [0, 0.05) is 10.5 Å². The molecule has 5 nitrogen and oxygen atoms in total. The molecule has 1 aromatic rings. The van der Waals surface area contributed by atoms with Gasteiger partial charge in [-0.05, 0) is 12.1 Å². The fourth-order valence-electron chi connectivity index (χ4n) is 0.872. The first-order chi connectivity index (χ1) is 6.40. The van der Waals surface area contributed by atoms with Crippen LogP contribution < -0.4 is 9.47 Å². The summed E-state index contributed by atoms with van der Waals surface area (Å²) in [7, 11) is 1.45. The van der Waals surface area contributed by atoms with Gasteiger partial charge in [-0.25, -0.2) is 0 Å². The lowest BCUT2D eigenvalue weighted by Gasteiger charge is -2.15. The van der Waals surface area contributed by atoms with Crippen LogP contribution in [0.4, 0.5) is 0 Å². The molecule has 14 heavy (non-hydrogen) atoms. The fraction of sp³-hybridized carbons (Fsp3) is 0.250. The summed E-state index contributed by atoms with van der Waals surface area (Å²) in [5.41, 5.74) is 0. The highest BCUT2D eigenvalue weighted by Gasteiger charge is 2.21. The van der Waals surface area contributed by atoms with Crippen LogP contribution in [0.2, 0.25) is 0 Å². The lowest BCUT2D eigenvalue weighted by atomic mass is 10.3. The van der Waals surface area contributed by atoms with Crippen LogP contribution in [0.1, 0.15) is 0 Å². The van der Waals surface area contributed by atoms with E-state index in [1.165, 1.54) is 19.2 Å². The van der Waals surface area contributed by atoms with E-state index in [0.717, 1.165) is 0 Å². The number of aliphatic hydroxyl groups is 3. The minimum atomic E-state index is -3.19. The van der Waals surface area contributed by atoms with Gasteiger partial charge >= 0.3 is 6.16 Å². The van der Waals surface area contributed by atoms with Gasteiger partial charge in [0.05, 0.1) is 7.11 Å². The Morgan fingerprint density at radius 1 is 1.14 bits per heavy atom. The molecule has 1 aromatic carbocycles. The summed E-state index contributed by atoms with van der Waals surface area (Å²) in [6.45, 7) is 0. The molecule has 3 N–H and O–H groups in total. The van der Waals surface area contributed by atoms with Gasteiger partial charge in [0.15, 0.2) is 0 Å². The minimum Gasteiger partial charge on any atom is -0.497 e. The molecule has 0 saturated carbocycles. The van der Waals surface area contributed by atoms with Gasteiger partial charge < -0.3 is 24.8 Å². The molecule has 0 unspecified atom stereocenters. The van der Waals surface area contributed by atoms with Gasteiger partial charge in [0.2, 0.25) is 0 Å². The van der Waals surface area contributed by atoms with Crippen molar-refractivity contribution in [2.24, 2.45) is 0 Å². The number of hydrogen-bond donors (Lipinski definition) is 3. The van der Waals surface area contributed by atoms with E-state index in [4.69, 9.17) is 20.1 Å². The number of hydrogen-bond acceptors (Lipinski definition) is 5. The Labute approximate surface area is 88.6 Å². The first-order valence-corrected chi connectivity index (χ1v) is 4.41. The molecule has 0 fully saturated rings. The normalized spacial score (nSPS) is 11.2. The zero-order valence-corrected chi connectivity index (χ0v) is 8.85. The molecule has 0 amide bonds. The molecule has 0 aliphatic carbocycles. The average molecular weight is 265 g/mol. The van der Waals surface area contributed by atoms with Crippen LogP contribution in [-0.4, -0.2) is 28.6 Å². The molecular formula is C8H9BrO5. The Kier molecular flexibility index (Phi) is 3.33. The number of ether oxygens (including phenoxy) is 2. The van der Waals surface area contributed by atoms with Gasteiger partial charge in [-0.3, -0.25) is 0 Å². The molecule has 1 rings (SSSR count). The van der Waals surface area contributed by atoms with Crippen LogP contribution >= 0.6 is 15.9 Å². The third-order valence-electron chi connectivity index (χ3n) is 1.34. The lowest BCUT2D eigenvalue weighted by Crippen LogP contribution is -2.34. The third-order valence-corrected chi connectivity index (χ3v) is 1.79. The first kappa shape index (κ1) is 11.3. The van der Waals surface area contributed by atoms with E-state index < -0.39 is 6.16 Å². The van der Waals surface area contributed by atoms with Crippen LogP contribution in [0.15, 0.2) is 22.7 Å². The SMILES string of the molecule is COc1cc(Br)cc(OC(O)(O)O)c1. The van der Waals surface area contributed by atoms with Gasteiger partial charge in [0.25, 0.3) is 0 Å². The Hall–Kier alpha value is -0.820. The molecular weight excluding hydrogens is 256 g/mol. The molecule has 0 radical (unpaired) electrons. The Bertz CT molecular complexity index is 320. The number of halogens is 1. The Balaban J connectivity index is 2.92. The van der Waals surface area contributed by atoms with Crippen molar-refractivity contribution in [3.05, 3.63) is 22.7 Å².